The minimum absolute atomic E-state index is 0.679. The Morgan fingerprint density at radius 3 is 3.42 bits per heavy atom. The number of hydrogen-bond acceptors (Lipinski definition) is 2. The van der Waals surface area contributed by atoms with Gasteiger partial charge in [0.2, 0.25) is 0 Å². The summed E-state index contributed by atoms with van der Waals surface area (Å²) in [5, 5.41) is 3.39. The van der Waals surface area contributed by atoms with E-state index in [1.807, 2.05) is 12.4 Å². The summed E-state index contributed by atoms with van der Waals surface area (Å²) in [4.78, 5) is 4.11. The second kappa shape index (κ2) is 3.13. The van der Waals surface area contributed by atoms with Crippen molar-refractivity contribution in [2.45, 2.75) is 25.7 Å². The molecule has 0 bridgehead atoms. The SMILES string of the molecule is CC1CCCNc2cnccc21. The summed E-state index contributed by atoms with van der Waals surface area (Å²) in [5.74, 6) is 0.679. The fraction of sp³-hybridized carbons (Fsp3) is 0.500. The minimum atomic E-state index is 0.679. The smallest absolute Gasteiger partial charge is 0.0561 e. The van der Waals surface area contributed by atoms with Crippen molar-refractivity contribution in [1.82, 2.24) is 4.98 Å². The molecule has 0 saturated carbocycles. The monoisotopic (exact) mass is 162 g/mol. The lowest BCUT2D eigenvalue weighted by molar-refractivity contribution is 0.667. The Kier molecular flexibility index (Phi) is 1.98. The summed E-state index contributed by atoms with van der Waals surface area (Å²) in [5.41, 5.74) is 2.64. The molecule has 1 N–H and O–H groups in total. The second-order valence-electron chi connectivity index (χ2n) is 3.43. The number of pyridine rings is 1. The Hall–Kier alpha value is -1.05. The van der Waals surface area contributed by atoms with Gasteiger partial charge in [0.05, 0.1) is 11.9 Å². The van der Waals surface area contributed by atoms with Crippen molar-refractivity contribution >= 4 is 5.69 Å². The molecule has 1 aromatic heterocycles. The van der Waals surface area contributed by atoms with Gasteiger partial charge in [-0.2, -0.15) is 0 Å². The van der Waals surface area contributed by atoms with E-state index in [1.165, 1.54) is 24.1 Å². The van der Waals surface area contributed by atoms with Gasteiger partial charge in [-0.05, 0) is 30.4 Å². The van der Waals surface area contributed by atoms with E-state index in [0.717, 1.165) is 6.54 Å². The van der Waals surface area contributed by atoms with Crippen LogP contribution in [0.2, 0.25) is 0 Å². The summed E-state index contributed by atoms with van der Waals surface area (Å²) in [6.07, 6.45) is 6.35. The fourth-order valence-corrected chi connectivity index (χ4v) is 1.77. The van der Waals surface area contributed by atoms with Gasteiger partial charge >= 0.3 is 0 Å². The summed E-state index contributed by atoms with van der Waals surface area (Å²) >= 11 is 0. The van der Waals surface area contributed by atoms with Gasteiger partial charge in [-0.1, -0.05) is 6.92 Å². The summed E-state index contributed by atoms with van der Waals surface area (Å²) in [6, 6.07) is 2.12. The van der Waals surface area contributed by atoms with Gasteiger partial charge in [0, 0.05) is 12.7 Å². The molecule has 0 aromatic carbocycles. The van der Waals surface area contributed by atoms with Gasteiger partial charge in [-0.25, -0.2) is 0 Å². The molecule has 1 atom stereocenters. The van der Waals surface area contributed by atoms with Crippen molar-refractivity contribution in [1.29, 1.82) is 0 Å². The first-order valence-electron chi connectivity index (χ1n) is 4.55. The van der Waals surface area contributed by atoms with Crippen LogP contribution < -0.4 is 5.32 Å². The maximum Gasteiger partial charge on any atom is 0.0561 e. The van der Waals surface area contributed by atoms with Crippen molar-refractivity contribution in [3.8, 4) is 0 Å². The Labute approximate surface area is 73.0 Å². The molecule has 1 aliphatic heterocycles. The number of aromatic nitrogens is 1. The average molecular weight is 162 g/mol. The van der Waals surface area contributed by atoms with E-state index in [-0.39, 0.29) is 0 Å². The first kappa shape index (κ1) is 7.59. The number of anilines is 1. The van der Waals surface area contributed by atoms with E-state index in [2.05, 4.69) is 23.3 Å². The third-order valence-corrected chi connectivity index (χ3v) is 2.52. The molecule has 2 nitrogen and oxygen atoms in total. The van der Waals surface area contributed by atoms with Gasteiger partial charge in [0.15, 0.2) is 0 Å². The van der Waals surface area contributed by atoms with Crippen molar-refractivity contribution in [3.63, 3.8) is 0 Å². The summed E-state index contributed by atoms with van der Waals surface area (Å²) in [7, 11) is 0. The molecule has 2 heteroatoms. The topological polar surface area (TPSA) is 24.9 Å². The molecule has 0 fully saturated rings. The molecule has 0 aliphatic carbocycles. The molecule has 2 heterocycles. The van der Waals surface area contributed by atoms with Gasteiger partial charge in [-0.15, -0.1) is 0 Å². The van der Waals surface area contributed by atoms with Crippen LogP contribution in [0.5, 0.6) is 0 Å². The molecule has 1 unspecified atom stereocenters. The van der Waals surface area contributed by atoms with Crippen molar-refractivity contribution in [2.24, 2.45) is 0 Å². The molecule has 0 radical (unpaired) electrons. The van der Waals surface area contributed by atoms with E-state index in [1.54, 1.807) is 0 Å². The van der Waals surface area contributed by atoms with Crippen LogP contribution in [0.4, 0.5) is 5.69 Å². The zero-order valence-corrected chi connectivity index (χ0v) is 7.38. The van der Waals surface area contributed by atoms with E-state index >= 15 is 0 Å². The second-order valence-corrected chi connectivity index (χ2v) is 3.43. The van der Waals surface area contributed by atoms with Crippen molar-refractivity contribution in [2.75, 3.05) is 11.9 Å². The summed E-state index contributed by atoms with van der Waals surface area (Å²) in [6.45, 7) is 3.37. The van der Waals surface area contributed by atoms with Crippen molar-refractivity contribution < 1.29 is 0 Å². The number of nitrogens with zero attached hydrogens (tertiary/aromatic N) is 1. The number of rotatable bonds is 0. The lowest BCUT2D eigenvalue weighted by Gasteiger charge is -2.10. The van der Waals surface area contributed by atoms with Gasteiger partial charge < -0.3 is 5.32 Å². The Morgan fingerprint density at radius 1 is 1.58 bits per heavy atom. The Bertz CT molecular complexity index is 270. The quantitative estimate of drug-likeness (QED) is 0.633. The third-order valence-electron chi connectivity index (χ3n) is 2.52. The predicted molar refractivity (Wildman–Crippen MR) is 50.4 cm³/mol. The zero-order valence-electron chi connectivity index (χ0n) is 7.38. The average Bonchev–Trinajstić information content (AvgIpc) is 2.29. The van der Waals surface area contributed by atoms with Crippen LogP contribution in [-0.2, 0) is 0 Å². The Balaban J connectivity index is 2.39. The summed E-state index contributed by atoms with van der Waals surface area (Å²) < 4.78 is 0. The standard InChI is InChI=1S/C10H14N2/c1-8-3-2-5-12-10-7-11-6-4-9(8)10/h4,6-8,12H,2-3,5H2,1H3. The molecular weight excluding hydrogens is 148 g/mol. The minimum Gasteiger partial charge on any atom is -0.384 e. The number of hydrogen-bond donors (Lipinski definition) is 1. The normalized spacial score (nSPS) is 22.2. The number of fused-ring (bicyclic) bond motifs is 1. The van der Waals surface area contributed by atoms with Gasteiger partial charge in [0.25, 0.3) is 0 Å². The number of nitrogens with one attached hydrogen (secondary N) is 1. The highest BCUT2D eigenvalue weighted by Gasteiger charge is 2.13. The zero-order chi connectivity index (χ0) is 8.39. The molecule has 12 heavy (non-hydrogen) atoms. The van der Waals surface area contributed by atoms with E-state index in [0.29, 0.717) is 5.92 Å². The van der Waals surface area contributed by atoms with Gasteiger partial charge in [0.1, 0.15) is 0 Å². The molecule has 0 spiro atoms. The first-order chi connectivity index (χ1) is 5.88. The van der Waals surface area contributed by atoms with E-state index < -0.39 is 0 Å². The lowest BCUT2D eigenvalue weighted by Crippen LogP contribution is -1.99. The van der Waals surface area contributed by atoms with Crippen LogP contribution in [0.15, 0.2) is 18.5 Å². The molecule has 1 aromatic rings. The van der Waals surface area contributed by atoms with E-state index in [9.17, 15) is 0 Å². The highest BCUT2D eigenvalue weighted by molar-refractivity contribution is 5.51. The molecular formula is C10H14N2. The van der Waals surface area contributed by atoms with Crippen LogP contribution in [0, 0.1) is 0 Å². The van der Waals surface area contributed by atoms with Crippen LogP contribution in [0.3, 0.4) is 0 Å². The van der Waals surface area contributed by atoms with Crippen LogP contribution in [0.25, 0.3) is 0 Å². The lowest BCUT2D eigenvalue weighted by atomic mass is 9.98. The Morgan fingerprint density at radius 2 is 2.50 bits per heavy atom. The van der Waals surface area contributed by atoms with Crippen LogP contribution >= 0.6 is 0 Å². The molecule has 0 saturated heterocycles. The molecule has 1 aliphatic rings. The van der Waals surface area contributed by atoms with E-state index in [4.69, 9.17) is 0 Å². The highest BCUT2D eigenvalue weighted by Crippen LogP contribution is 2.29. The maximum absolute atomic E-state index is 4.11. The predicted octanol–water partition coefficient (Wildman–Crippen LogP) is 2.39. The first-order valence-corrected chi connectivity index (χ1v) is 4.55. The fourth-order valence-electron chi connectivity index (χ4n) is 1.77. The molecule has 2 rings (SSSR count). The largest absolute Gasteiger partial charge is 0.384 e. The maximum atomic E-state index is 4.11. The molecule has 0 amide bonds. The highest BCUT2D eigenvalue weighted by atomic mass is 14.9. The van der Waals surface area contributed by atoms with Gasteiger partial charge in [-0.3, -0.25) is 4.98 Å². The van der Waals surface area contributed by atoms with Crippen molar-refractivity contribution in [3.05, 3.63) is 24.0 Å². The third kappa shape index (κ3) is 1.29. The molecule has 64 valence electrons. The van der Waals surface area contributed by atoms with Crippen LogP contribution in [-0.4, -0.2) is 11.5 Å². The van der Waals surface area contributed by atoms with Crippen LogP contribution in [0.1, 0.15) is 31.2 Å².